The van der Waals surface area contributed by atoms with E-state index in [-0.39, 0.29) is 30.6 Å². The lowest BCUT2D eigenvalue weighted by Crippen LogP contribution is -2.53. The molecule has 1 unspecified atom stereocenters. The van der Waals surface area contributed by atoms with Gasteiger partial charge in [0.15, 0.2) is 11.3 Å². The number of nitrogens with zero attached hydrogens (tertiary/aromatic N) is 1. The van der Waals surface area contributed by atoms with Gasteiger partial charge in [0.05, 0.1) is 0 Å². The van der Waals surface area contributed by atoms with Crippen molar-refractivity contribution >= 4 is 40.4 Å². The van der Waals surface area contributed by atoms with E-state index < -0.39 is 17.6 Å². The highest BCUT2D eigenvalue weighted by Gasteiger charge is 2.51. The molecule has 0 bridgehead atoms. The molecule has 0 aromatic heterocycles. The molecule has 2 N–H and O–H groups in total. The van der Waals surface area contributed by atoms with E-state index in [0.29, 0.717) is 12.0 Å². The molecule has 164 valence electrons. The second kappa shape index (κ2) is 8.61. The van der Waals surface area contributed by atoms with Crippen LogP contribution in [0.1, 0.15) is 56.0 Å². The van der Waals surface area contributed by atoms with Gasteiger partial charge in [0, 0.05) is 22.1 Å². The molecule has 1 atom stereocenters. The van der Waals surface area contributed by atoms with Gasteiger partial charge >= 0.3 is 12.1 Å². The fourth-order valence-electron chi connectivity index (χ4n) is 4.08. The zero-order chi connectivity index (χ0) is 23.0. The summed E-state index contributed by atoms with van der Waals surface area (Å²) in [6, 6.07) is 13.4. The Morgan fingerprint density at radius 2 is 1.81 bits per heavy atom. The molecule has 6 nitrogen and oxygen atoms in total. The number of hydrogen-bond donors (Lipinski definition) is 2. The molecule has 2 aromatic rings. The van der Waals surface area contributed by atoms with Crippen LogP contribution in [0.15, 0.2) is 42.5 Å². The first-order valence-corrected chi connectivity index (χ1v) is 11.2. The van der Waals surface area contributed by atoms with E-state index in [1.165, 1.54) is 5.56 Å². The quantitative estimate of drug-likeness (QED) is 0.394. The Kier molecular flexibility index (Phi) is 6.45. The summed E-state index contributed by atoms with van der Waals surface area (Å²) < 4.78 is 0.973. The molecular formula is C24H26INO5. The second-order valence-corrected chi connectivity index (χ2v) is 10.2. The lowest BCUT2D eigenvalue weighted by molar-refractivity contribution is -0.148. The van der Waals surface area contributed by atoms with Crippen LogP contribution in [-0.2, 0) is 10.2 Å². The van der Waals surface area contributed by atoms with E-state index in [0.717, 1.165) is 19.6 Å². The molecule has 1 aliphatic heterocycles. The van der Waals surface area contributed by atoms with Gasteiger partial charge < -0.3 is 10.2 Å². The molecule has 1 saturated heterocycles. The molecule has 1 aliphatic rings. The van der Waals surface area contributed by atoms with E-state index in [1.54, 1.807) is 12.1 Å². The summed E-state index contributed by atoms with van der Waals surface area (Å²) in [5, 5.41) is 19.3. The van der Waals surface area contributed by atoms with Crippen molar-refractivity contribution in [3.05, 3.63) is 57.2 Å². The molecule has 31 heavy (non-hydrogen) atoms. The van der Waals surface area contributed by atoms with Gasteiger partial charge in [-0.2, -0.15) is 0 Å². The van der Waals surface area contributed by atoms with E-state index in [2.05, 4.69) is 55.5 Å². The van der Waals surface area contributed by atoms with Crippen molar-refractivity contribution in [1.29, 1.82) is 0 Å². The molecule has 1 heterocycles. The summed E-state index contributed by atoms with van der Waals surface area (Å²) in [4.78, 5) is 37.6. The summed E-state index contributed by atoms with van der Waals surface area (Å²) in [6.45, 7) is 6.53. The third-order valence-electron chi connectivity index (χ3n) is 5.90. The van der Waals surface area contributed by atoms with Crippen LogP contribution in [0.4, 0.5) is 4.79 Å². The fourth-order valence-corrected chi connectivity index (χ4v) is 4.73. The average molecular weight is 535 g/mol. The van der Waals surface area contributed by atoms with Gasteiger partial charge in [0.2, 0.25) is 0 Å². The Balaban J connectivity index is 1.97. The van der Waals surface area contributed by atoms with E-state index in [9.17, 15) is 24.6 Å². The van der Waals surface area contributed by atoms with Crippen LogP contribution in [0, 0.1) is 3.57 Å². The maximum absolute atomic E-state index is 13.1. The lowest BCUT2D eigenvalue weighted by atomic mass is 9.85. The van der Waals surface area contributed by atoms with E-state index in [1.807, 2.05) is 18.2 Å². The summed E-state index contributed by atoms with van der Waals surface area (Å²) in [7, 11) is 0. The highest BCUT2D eigenvalue weighted by atomic mass is 127. The van der Waals surface area contributed by atoms with Crippen LogP contribution >= 0.6 is 22.6 Å². The number of hydrogen-bond acceptors (Lipinski definition) is 3. The van der Waals surface area contributed by atoms with Crippen molar-refractivity contribution in [1.82, 2.24) is 4.90 Å². The van der Waals surface area contributed by atoms with Gasteiger partial charge in [-0.3, -0.25) is 9.69 Å². The molecule has 0 saturated carbocycles. The summed E-state index contributed by atoms with van der Waals surface area (Å²) >= 11 is 2.22. The number of carbonyl (C=O) groups excluding carboxylic acids is 1. The monoisotopic (exact) mass is 535 g/mol. The molecular weight excluding hydrogens is 509 g/mol. The maximum atomic E-state index is 13.1. The minimum absolute atomic E-state index is 0.0223. The summed E-state index contributed by atoms with van der Waals surface area (Å²) in [5.74, 6) is -1.65. The van der Waals surface area contributed by atoms with Gasteiger partial charge in [0.1, 0.15) is 0 Å². The predicted molar refractivity (Wildman–Crippen MR) is 127 cm³/mol. The highest BCUT2D eigenvalue weighted by Crippen LogP contribution is 2.36. The zero-order valence-corrected chi connectivity index (χ0v) is 20.0. The predicted octanol–water partition coefficient (Wildman–Crippen LogP) is 5.43. The van der Waals surface area contributed by atoms with Crippen molar-refractivity contribution < 1.29 is 24.6 Å². The Labute approximate surface area is 195 Å². The topological polar surface area (TPSA) is 94.9 Å². The SMILES string of the molecule is CC(C)(C)c1cccc(-c2cc(C(=O)CC3(C(=O)O)CCCN3C(=O)O)ccc2I)c1. The molecule has 2 aromatic carbocycles. The van der Waals surface area contributed by atoms with Gasteiger partial charge in [-0.15, -0.1) is 0 Å². The van der Waals surface area contributed by atoms with E-state index in [4.69, 9.17) is 0 Å². The standard InChI is InChI=1S/C24H26INO5/c1-23(2,3)17-7-4-6-15(12-17)18-13-16(8-9-19(18)25)20(27)14-24(21(28)29)10-5-11-26(24)22(30)31/h4,6-9,12-13H,5,10-11,14H2,1-3H3,(H,28,29)(H,30,31). The van der Waals surface area contributed by atoms with Crippen LogP contribution in [-0.4, -0.2) is 45.0 Å². The van der Waals surface area contributed by atoms with E-state index >= 15 is 0 Å². The number of rotatable bonds is 5. The Morgan fingerprint density at radius 3 is 2.42 bits per heavy atom. The Morgan fingerprint density at radius 1 is 1.10 bits per heavy atom. The minimum Gasteiger partial charge on any atom is -0.479 e. The van der Waals surface area contributed by atoms with Crippen molar-refractivity contribution in [3.8, 4) is 11.1 Å². The number of carbonyl (C=O) groups is 3. The third kappa shape index (κ3) is 4.61. The van der Waals surface area contributed by atoms with Crippen molar-refractivity contribution in [2.24, 2.45) is 0 Å². The minimum atomic E-state index is -1.71. The average Bonchev–Trinajstić information content (AvgIpc) is 3.13. The molecule has 7 heteroatoms. The van der Waals surface area contributed by atoms with Gasteiger partial charge in [-0.1, -0.05) is 51.1 Å². The van der Waals surface area contributed by atoms with Gasteiger partial charge in [-0.25, -0.2) is 9.59 Å². The van der Waals surface area contributed by atoms with Crippen LogP contribution in [0.3, 0.4) is 0 Å². The van der Waals surface area contributed by atoms with Gasteiger partial charge in [-0.05, 0) is 69.7 Å². The summed E-state index contributed by atoms with van der Waals surface area (Å²) in [6.07, 6.45) is -1.14. The van der Waals surface area contributed by atoms with Crippen LogP contribution in [0.5, 0.6) is 0 Å². The number of carboxylic acid groups (broad SMARTS) is 2. The molecule has 0 aliphatic carbocycles. The smallest absolute Gasteiger partial charge is 0.408 e. The molecule has 1 fully saturated rings. The number of amides is 1. The lowest BCUT2D eigenvalue weighted by Gasteiger charge is -2.32. The summed E-state index contributed by atoms with van der Waals surface area (Å²) in [5.41, 5.74) is 1.69. The Bertz CT molecular complexity index is 1040. The number of ketones is 1. The molecule has 1 amide bonds. The number of halogens is 1. The highest BCUT2D eigenvalue weighted by molar-refractivity contribution is 14.1. The number of aliphatic carboxylic acids is 1. The first kappa shape index (κ1) is 23.2. The van der Waals surface area contributed by atoms with Crippen molar-refractivity contribution in [3.63, 3.8) is 0 Å². The van der Waals surface area contributed by atoms with Gasteiger partial charge in [0.25, 0.3) is 0 Å². The third-order valence-corrected chi connectivity index (χ3v) is 6.84. The second-order valence-electron chi connectivity index (χ2n) is 9.00. The van der Waals surface area contributed by atoms with Crippen LogP contribution in [0.25, 0.3) is 11.1 Å². The van der Waals surface area contributed by atoms with Crippen LogP contribution < -0.4 is 0 Å². The number of likely N-dealkylation sites (tertiary alicyclic amines) is 1. The molecule has 0 radical (unpaired) electrons. The fraction of sp³-hybridized carbons (Fsp3) is 0.375. The first-order valence-electron chi connectivity index (χ1n) is 10.1. The van der Waals surface area contributed by atoms with Crippen molar-refractivity contribution in [2.75, 3.05) is 6.54 Å². The maximum Gasteiger partial charge on any atom is 0.408 e. The van der Waals surface area contributed by atoms with Crippen LogP contribution in [0.2, 0.25) is 0 Å². The number of benzene rings is 2. The normalized spacial score (nSPS) is 18.8. The molecule has 0 spiro atoms. The Hall–Kier alpha value is -2.42. The zero-order valence-electron chi connectivity index (χ0n) is 17.8. The molecule has 3 rings (SSSR count). The number of carboxylic acids is 1. The first-order chi connectivity index (χ1) is 14.5. The largest absolute Gasteiger partial charge is 0.479 e. The number of Topliss-reactive ketones (excluding diaryl/α,β-unsaturated/α-hetero) is 1. The van der Waals surface area contributed by atoms with Crippen molar-refractivity contribution in [2.45, 2.75) is 51.0 Å².